The van der Waals surface area contributed by atoms with Gasteiger partial charge in [0, 0.05) is 6.20 Å². The quantitative estimate of drug-likeness (QED) is 0.807. The van der Waals surface area contributed by atoms with Crippen molar-refractivity contribution in [1.29, 1.82) is 0 Å². The Morgan fingerprint density at radius 3 is 2.78 bits per heavy atom. The van der Waals surface area contributed by atoms with Crippen molar-refractivity contribution < 1.29 is 9.53 Å². The first-order valence-corrected chi connectivity index (χ1v) is 5.37. The Hall–Kier alpha value is -2.56. The minimum absolute atomic E-state index is 0.308. The average molecular weight is 243 g/mol. The Kier molecular flexibility index (Phi) is 3.43. The lowest BCUT2D eigenvalue weighted by Crippen LogP contribution is -2.14. The van der Waals surface area contributed by atoms with Gasteiger partial charge in [0.2, 0.25) is 0 Å². The highest BCUT2D eigenvalue weighted by atomic mass is 16.5. The standard InChI is InChI=1S/C13H13N3O2/c1-18-12-9(5-4-6-10(12)14)13(17)16-11-7-2-3-8-15-11/h2-8H,14H2,1H3,(H,15,16,17). The van der Waals surface area contributed by atoms with Gasteiger partial charge in [-0.05, 0) is 24.3 Å². The molecule has 1 heterocycles. The minimum atomic E-state index is -0.308. The fraction of sp³-hybridized carbons (Fsp3) is 0.0769. The zero-order valence-electron chi connectivity index (χ0n) is 9.88. The van der Waals surface area contributed by atoms with E-state index in [9.17, 15) is 4.79 Å². The zero-order valence-corrected chi connectivity index (χ0v) is 9.88. The molecule has 0 radical (unpaired) electrons. The van der Waals surface area contributed by atoms with Gasteiger partial charge in [0.1, 0.15) is 5.82 Å². The summed E-state index contributed by atoms with van der Waals surface area (Å²) in [6.07, 6.45) is 1.60. The van der Waals surface area contributed by atoms with E-state index in [1.54, 1.807) is 42.6 Å². The molecule has 0 aliphatic rings. The summed E-state index contributed by atoms with van der Waals surface area (Å²) in [5, 5.41) is 2.67. The molecule has 0 saturated carbocycles. The summed E-state index contributed by atoms with van der Waals surface area (Å²) in [7, 11) is 1.48. The molecule has 5 nitrogen and oxygen atoms in total. The van der Waals surface area contributed by atoms with Crippen LogP contribution in [-0.4, -0.2) is 18.0 Å². The fourth-order valence-corrected chi connectivity index (χ4v) is 1.58. The highest BCUT2D eigenvalue weighted by Crippen LogP contribution is 2.26. The van der Waals surface area contributed by atoms with Crippen LogP contribution in [0.15, 0.2) is 42.6 Å². The van der Waals surface area contributed by atoms with Crippen LogP contribution in [-0.2, 0) is 0 Å². The molecule has 0 fully saturated rings. The number of para-hydroxylation sites is 1. The maximum absolute atomic E-state index is 12.1. The number of carbonyl (C=O) groups is 1. The lowest BCUT2D eigenvalue weighted by molar-refractivity contribution is 0.102. The van der Waals surface area contributed by atoms with Crippen molar-refractivity contribution in [1.82, 2.24) is 4.98 Å². The van der Waals surface area contributed by atoms with Crippen molar-refractivity contribution in [2.75, 3.05) is 18.2 Å². The Morgan fingerprint density at radius 1 is 1.28 bits per heavy atom. The normalized spacial score (nSPS) is 9.83. The van der Waals surface area contributed by atoms with E-state index in [2.05, 4.69) is 10.3 Å². The Bertz CT molecular complexity index is 555. The monoisotopic (exact) mass is 243 g/mol. The van der Waals surface area contributed by atoms with E-state index in [0.717, 1.165) is 0 Å². The first kappa shape index (κ1) is 11.9. The van der Waals surface area contributed by atoms with E-state index in [-0.39, 0.29) is 5.91 Å². The van der Waals surface area contributed by atoms with Crippen molar-refractivity contribution in [3.8, 4) is 5.75 Å². The minimum Gasteiger partial charge on any atom is -0.494 e. The molecule has 0 aliphatic carbocycles. The number of amides is 1. The Morgan fingerprint density at radius 2 is 2.11 bits per heavy atom. The van der Waals surface area contributed by atoms with Gasteiger partial charge in [0.25, 0.3) is 5.91 Å². The number of nitrogens with one attached hydrogen (secondary N) is 1. The van der Waals surface area contributed by atoms with Gasteiger partial charge in [-0.1, -0.05) is 12.1 Å². The van der Waals surface area contributed by atoms with Gasteiger partial charge in [0.15, 0.2) is 5.75 Å². The van der Waals surface area contributed by atoms with Crippen LogP contribution in [0.25, 0.3) is 0 Å². The molecule has 0 aliphatic heterocycles. The highest BCUT2D eigenvalue weighted by molar-refractivity contribution is 6.06. The van der Waals surface area contributed by atoms with E-state index in [1.165, 1.54) is 7.11 Å². The molecule has 3 N–H and O–H groups in total. The largest absolute Gasteiger partial charge is 0.494 e. The number of ether oxygens (including phenoxy) is 1. The van der Waals surface area contributed by atoms with Crippen LogP contribution in [0.1, 0.15) is 10.4 Å². The number of pyridine rings is 1. The van der Waals surface area contributed by atoms with Gasteiger partial charge in [-0.25, -0.2) is 4.98 Å². The summed E-state index contributed by atoms with van der Waals surface area (Å²) >= 11 is 0. The number of nitrogens with two attached hydrogens (primary N) is 1. The fourth-order valence-electron chi connectivity index (χ4n) is 1.58. The second-order valence-corrected chi connectivity index (χ2v) is 3.60. The molecule has 0 saturated heterocycles. The number of benzene rings is 1. The third-order valence-corrected chi connectivity index (χ3v) is 2.40. The molecule has 5 heteroatoms. The third kappa shape index (κ3) is 2.40. The summed E-state index contributed by atoms with van der Waals surface area (Å²) < 4.78 is 5.13. The van der Waals surface area contributed by atoms with Crippen molar-refractivity contribution >= 4 is 17.4 Å². The molecule has 0 unspecified atom stereocenters. The molecular formula is C13H13N3O2. The molecule has 1 amide bonds. The smallest absolute Gasteiger partial charge is 0.260 e. The lowest BCUT2D eigenvalue weighted by atomic mass is 10.1. The highest BCUT2D eigenvalue weighted by Gasteiger charge is 2.14. The SMILES string of the molecule is COc1c(N)cccc1C(=O)Nc1ccccn1. The molecule has 0 bridgehead atoms. The predicted octanol–water partition coefficient (Wildman–Crippen LogP) is 1.92. The van der Waals surface area contributed by atoms with Crippen LogP contribution >= 0.6 is 0 Å². The predicted molar refractivity (Wildman–Crippen MR) is 69.6 cm³/mol. The number of anilines is 2. The molecule has 0 spiro atoms. The molecule has 2 rings (SSSR count). The van der Waals surface area contributed by atoms with E-state index < -0.39 is 0 Å². The van der Waals surface area contributed by atoms with E-state index in [4.69, 9.17) is 10.5 Å². The number of carbonyl (C=O) groups excluding carboxylic acids is 1. The molecule has 1 aromatic heterocycles. The van der Waals surface area contributed by atoms with Crippen molar-refractivity contribution in [2.24, 2.45) is 0 Å². The van der Waals surface area contributed by atoms with Crippen LogP contribution in [0.3, 0.4) is 0 Å². The van der Waals surface area contributed by atoms with Crippen LogP contribution in [0, 0.1) is 0 Å². The van der Waals surface area contributed by atoms with Crippen LogP contribution in [0.4, 0.5) is 11.5 Å². The maximum Gasteiger partial charge on any atom is 0.260 e. The number of hydrogen-bond donors (Lipinski definition) is 2. The molecular weight excluding hydrogens is 230 g/mol. The number of hydrogen-bond acceptors (Lipinski definition) is 4. The molecule has 92 valence electrons. The van der Waals surface area contributed by atoms with Crippen molar-refractivity contribution in [3.05, 3.63) is 48.2 Å². The number of nitrogens with zero attached hydrogens (tertiary/aromatic N) is 1. The molecule has 1 aromatic carbocycles. The molecule has 0 atom stereocenters. The van der Waals surface area contributed by atoms with E-state index >= 15 is 0 Å². The Balaban J connectivity index is 2.27. The second kappa shape index (κ2) is 5.18. The first-order chi connectivity index (χ1) is 8.72. The zero-order chi connectivity index (χ0) is 13.0. The number of rotatable bonds is 3. The first-order valence-electron chi connectivity index (χ1n) is 5.37. The second-order valence-electron chi connectivity index (χ2n) is 3.60. The maximum atomic E-state index is 12.1. The Labute approximate surface area is 105 Å². The van der Waals surface area contributed by atoms with Gasteiger partial charge >= 0.3 is 0 Å². The van der Waals surface area contributed by atoms with Crippen LogP contribution in [0.2, 0.25) is 0 Å². The molecule has 2 aromatic rings. The topological polar surface area (TPSA) is 77.2 Å². The van der Waals surface area contributed by atoms with E-state index in [0.29, 0.717) is 22.8 Å². The summed E-state index contributed by atoms with van der Waals surface area (Å²) in [6.45, 7) is 0. The summed E-state index contributed by atoms with van der Waals surface area (Å²) in [5.74, 6) is 0.538. The van der Waals surface area contributed by atoms with Crippen molar-refractivity contribution in [3.63, 3.8) is 0 Å². The lowest BCUT2D eigenvalue weighted by Gasteiger charge is -2.10. The number of aromatic nitrogens is 1. The summed E-state index contributed by atoms with van der Waals surface area (Å²) in [4.78, 5) is 16.1. The van der Waals surface area contributed by atoms with Gasteiger partial charge in [-0.15, -0.1) is 0 Å². The van der Waals surface area contributed by atoms with Gasteiger partial charge in [-0.2, -0.15) is 0 Å². The van der Waals surface area contributed by atoms with Gasteiger partial charge in [-0.3, -0.25) is 4.79 Å². The van der Waals surface area contributed by atoms with Gasteiger partial charge < -0.3 is 15.8 Å². The summed E-state index contributed by atoms with van der Waals surface area (Å²) in [6, 6.07) is 10.3. The summed E-state index contributed by atoms with van der Waals surface area (Å²) in [5.41, 5.74) is 6.54. The molecule has 18 heavy (non-hydrogen) atoms. The van der Waals surface area contributed by atoms with Crippen LogP contribution in [0.5, 0.6) is 5.75 Å². The average Bonchev–Trinajstić information content (AvgIpc) is 2.39. The van der Waals surface area contributed by atoms with E-state index in [1.807, 2.05) is 0 Å². The number of methoxy groups -OCH3 is 1. The number of nitrogen functional groups attached to an aromatic ring is 1. The van der Waals surface area contributed by atoms with Gasteiger partial charge in [0.05, 0.1) is 18.4 Å². The third-order valence-electron chi connectivity index (χ3n) is 2.40. The van der Waals surface area contributed by atoms with Crippen LogP contribution < -0.4 is 15.8 Å². The van der Waals surface area contributed by atoms with Crippen molar-refractivity contribution in [2.45, 2.75) is 0 Å².